The highest BCUT2D eigenvalue weighted by molar-refractivity contribution is 5.86. The van der Waals surface area contributed by atoms with Gasteiger partial charge in [-0.15, -0.1) is 0 Å². The first kappa shape index (κ1) is 16.7. The van der Waals surface area contributed by atoms with E-state index in [0.29, 0.717) is 13.0 Å². The number of nitrogens with one attached hydrogen (secondary N) is 1. The number of rotatable bonds is 2. The van der Waals surface area contributed by atoms with Gasteiger partial charge in [0.05, 0.1) is 0 Å². The molecule has 0 saturated carbocycles. The van der Waals surface area contributed by atoms with Crippen LogP contribution in [0.1, 0.15) is 32.8 Å². The zero-order valence-corrected chi connectivity index (χ0v) is 13.8. The lowest BCUT2D eigenvalue weighted by Crippen LogP contribution is -2.32. The number of nitrogens with two attached hydrogens (primary N) is 1. The molecule has 0 unspecified atom stereocenters. The van der Waals surface area contributed by atoms with Crippen LogP contribution in [0, 0.1) is 11.8 Å². The van der Waals surface area contributed by atoms with Gasteiger partial charge in [0, 0.05) is 24.2 Å². The number of amides is 1. The van der Waals surface area contributed by atoms with Gasteiger partial charge in [0.2, 0.25) is 0 Å². The van der Waals surface area contributed by atoms with Gasteiger partial charge in [-0.05, 0) is 55.8 Å². The fourth-order valence-corrected chi connectivity index (χ4v) is 2.05. The second kappa shape index (κ2) is 7.06. The van der Waals surface area contributed by atoms with Gasteiger partial charge in [-0.25, -0.2) is 4.79 Å². The number of hydrogen-bond acceptors (Lipinski definition) is 3. The average Bonchev–Trinajstić information content (AvgIpc) is 2.45. The zero-order valence-electron chi connectivity index (χ0n) is 13.8. The molecular weight excluding hydrogens is 288 g/mol. The van der Waals surface area contributed by atoms with Gasteiger partial charge in [0.25, 0.3) is 0 Å². The van der Waals surface area contributed by atoms with Crippen LogP contribution in [-0.2, 0) is 4.74 Å². The van der Waals surface area contributed by atoms with Crippen LogP contribution in [0.5, 0.6) is 0 Å². The van der Waals surface area contributed by atoms with E-state index in [1.807, 2.05) is 57.2 Å². The van der Waals surface area contributed by atoms with Crippen LogP contribution >= 0.6 is 0 Å². The van der Waals surface area contributed by atoms with Crippen molar-refractivity contribution in [3.63, 3.8) is 0 Å². The second-order valence-electron chi connectivity index (χ2n) is 6.30. The van der Waals surface area contributed by atoms with Crippen LogP contribution in [0.2, 0.25) is 0 Å². The molecule has 2 rings (SSSR count). The second-order valence-corrected chi connectivity index (χ2v) is 6.30. The van der Waals surface area contributed by atoms with Crippen molar-refractivity contribution in [2.24, 2.45) is 0 Å². The van der Waals surface area contributed by atoms with Crippen molar-refractivity contribution in [1.82, 2.24) is 5.32 Å². The first-order chi connectivity index (χ1) is 10.8. The number of anilines is 1. The van der Waals surface area contributed by atoms with Gasteiger partial charge in [0.15, 0.2) is 0 Å². The first-order valence-corrected chi connectivity index (χ1v) is 7.58. The third-order valence-electron chi connectivity index (χ3n) is 3.02. The summed E-state index contributed by atoms with van der Waals surface area (Å²) in [6.07, 6.45) is 0.154. The lowest BCUT2D eigenvalue weighted by Gasteiger charge is -2.19. The third kappa shape index (κ3) is 5.55. The molecule has 2 aromatic rings. The Morgan fingerprint density at radius 2 is 1.87 bits per heavy atom. The summed E-state index contributed by atoms with van der Waals surface area (Å²) in [7, 11) is 0. The van der Waals surface area contributed by atoms with Crippen LogP contribution in [0.25, 0.3) is 10.8 Å². The molecule has 0 saturated heterocycles. The molecule has 120 valence electrons. The van der Waals surface area contributed by atoms with Crippen molar-refractivity contribution in [2.45, 2.75) is 32.8 Å². The zero-order chi connectivity index (χ0) is 16.9. The van der Waals surface area contributed by atoms with E-state index in [1.165, 1.54) is 0 Å². The summed E-state index contributed by atoms with van der Waals surface area (Å²) in [5.41, 5.74) is 6.98. The fourth-order valence-electron chi connectivity index (χ4n) is 2.05. The predicted molar refractivity (Wildman–Crippen MR) is 94.1 cm³/mol. The molecule has 0 radical (unpaired) electrons. The topological polar surface area (TPSA) is 64.3 Å². The largest absolute Gasteiger partial charge is 0.444 e. The number of ether oxygens (including phenoxy) is 1. The summed E-state index contributed by atoms with van der Waals surface area (Å²) in [5, 5.41) is 4.89. The quantitative estimate of drug-likeness (QED) is 0.505. The first-order valence-electron chi connectivity index (χ1n) is 7.58. The van der Waals surface area contributed by atoms with Crippen molar-refractivity contribution in [2.75, 3.05) is 12.3 Å². The lowest BCUT2D eigenvalue weighted by atomic mass is 10.1. The van der Waals surface area contributed by atoms with E-state index >= 15 is 0 Å². The minimum absolute atomic E-state index is 0.414. The lowest BCUT2D eigenvalue weighted by molar-refractivity contribution is 0.0529. The number of nitrogen functional groups attached to an aromatic ring is 1. The molecule has 0 spiro atoms. The van der Waals surface area contributed by atoms with Crippen LogP contribution in [0.4, 0.5) is 10.5 Å². The predicted octanol–water partition coefficient (Wildman–Crippen LogP) is 3.69. The highest BCUT2D eigenvalue weighted by Crippen LogP contribution is 2.18. The molecule has 4 nitrogen and oxygen atoms in total. The van der Waals surface area contributed by atoms with Crippen LogP contribution in [0.15, 0.2) is 36.4 Å². The molecular formula is C19H22N2O2. The van der Waals surface area contributed by atoms with E-state index in [1.54, 1.807) is 0 Å². The highest BCUT2D eigenvalue weighted by atomic mass is 16.6. The van der Waals surface area contributed by atoms with Crippen molar-refractivity contribution in [1.29, 1.82) is 0 Å². The standard InChI is InChI=1S/C19H22N2O2/c1-19(2,3)23-18(22)21-11-5-4-6-14-7-8-16-13-17(20)10-9-15(16)12-14/h7-10,12-13H,5,11,20H2,1-3H3,(H,21,22). The molecule has 0 aliphatic rings. The van der Waals surface area contributed by atoms with Crippen LogP contribution in [-0.4, -0.2) is 18.2 Å². The maximum Gasteiger partial charge on any atom is 0.407 e. The van der Waals surface area contributed by atoms with Crippen LogP contribution < -0.4 is 11.1 Å². The Morgan fingerprint density at radius 1 is 1.17 bits per heavy atom. The Labute approximate surface area is 137 Å². The number of benzene rings is 2. The van der Waals surface area contributed by atoms with Gasteiger partial charge in [-0.3, -0.25) is 0 Å². The Hall–Kier alpha value is -2.67. The van der Waals surface area contributed by atoms with Crippen molar-refractivity contribution in [3.8, 4) is 11.8 Å². The highest BCUT2D eigenvalue weighted by Gasteiger charge is 2.15. The molecule has 23 heavy (non-hydrogen) atoms. The van der Waals surface area contributed by atoms with Gasteiger partial charge in [0.1, 0.15) is 5.60 Å². The minimum atomic E-state index is -0.482. The SMILES string of the molecule is CC(C)(C)OC(=O)NCCC#Cc1ccc2cc(N)ccc2c1. The van der Waals surface area contributed by atoms with Crippen molar-refractivity contribution >= 4 is 22.6 Å². The molecule has 0 bridgehead atoms. The van der Waals surface area contributed by atoms with E-state index in [-0.39, 0.29) is 0 Å². The van der Waals surface area contributed by atoms with Gasteiger partial charge >= 0.3 is 6.09 Å². The van der Waals surface area contributed by atoms with Gasteiger partial charge in [-0.2, -0.15) is 0 Å². The van der Waals surface area contributed by atoms with E-state index in [9.17, 15) is 4.79 Å². The molecule has 0 aromatic heterocycles. The van der Waals surface area contributed by atoms with E-state index < -0.39 is 11.7 Å². The van der Waals surface area contributed by atoms with Crippen molar-refractivity contribution in [3.05, 3.63) is 42.0 Å². The van der Waals surface area contributed by atoms with E-state index in [0.717, 1.165) is 22.0 Å². The number of fused-ring (bicyclic) bond motifs is 1. The molecule has 0 atom stereocenters. The summed E-state index contributed by atoms with van der Waals surface area (Å²) in [4.78, 5) is 11.5. The smallest absolute Gasteiger partial charge is 0.407 e. The molecule has 0 aliphatic heterocycles. The molecule has 3 N–H and O–H groups in total. The third-order valence-corrected chi connectivity index (χ3v) is 3.02. The fraction of sp³-hybridized carbons (Fsp3) is 0.316. The Balaban J connectivity index is 1.87. The minimum Gasteiger partial charge on any atom is -0.444 e. The maximum absolute atomic E-state index is 11.5. The van der Waals surface area contributed by atoms with Crippen LogP contribution in [0.3, 0.4) is 0 Å². The van der Waals surface area contributed by atoms with E-state index in [2.05, 4.69) is 17.2 Å². The summed E-state index contributed by atoms with van der Waals surface area (Å²) < 4.78 is 5.15. The monoisotopic (exact) mass is 310 g/mol. The molecule has 0 aliphatic carbocycles. The number of carbonyl (C=O) groups is 1. The van der Waals surface area contributed by atoms with E-state index in [4.69, 9.17) is 10.5 Å². The Morgan fingerprint density at radius 3 is 2.61 bits per heavy atom. The summed E-state index contributed by atoms with van der Waals surface area (Å²) in [5.74, 6) is 6.15. The maximum atomic E-state index is 11.5. The number of alkyl carbamates (subject to hydrolysis) is 1. The Bertz CT molecular complexity index is 764. The summed E-state index contributed by atoms with van der Waals surface area (Å²) in [6, 6.07) is 11.8. The van der Waals surface area contributed by atoms with Gasteiger partial charge < -0.3 is 15.8 Å². The molecule has 4 heteroatoms. The molecule has 1 amide bonds. The number of carbonyl (C=O) groups excluding carboxylic acids is 1. The molecule has 2 aromatic carbocycles. The average molecular weight is 310 g/mol. The molecule has 0 fully saturated rings. The van der Waals surface area contributed by atoms with Gasteiger partial charge in [-0.1, -0.05) is 24.0 Å². The Kier molecular flexibility index (Phi) is 5.13. The number of hydrogen-bond donors (Lipinski definition) is 2. The summed E-state index contributed by atoms with van der Waals surface area (Å²) in [6.45, 7) is 5.96. The normalized spacial score (nSPS) is 10.7. The molecule has 0 heterocycles. The van der Waals surface area contributed by atoms with Crippen molar-refractivity contribution < 1.29 is 9.53 Å². The summed E-state index contributed by atoms with van der Waals surface area (Å²) >= 11 is 0.